The zero-order chi connectivity index (χ0) is 11.3. The van der Waals surface area contributed by atoms with Gasteiger partial charge >= 0.3 is 0 Å². The van der Waals surface area contributed by atoms with Crippen LogP contribution in [-0.2, 0) is 4.79 Å². The van der Waals surface area contributed by atoms with Gasteiger partial charge in [0, 0.05) is 6.42 Å². The van der Waals surface area contributed by atoms with Gasteiger partial charge in [0.05, 0.1) is 12.0 Å². The summed E-state index contributed by atoms with van der Waals surface area (Å²) < 4.78 is 0. The predicted octanol–water partition coefficient (Wildman–Crippen LogP) is 2.91. The van der Waals surface area contributed by atoms with Crippen LogP contribution in [0.5, 0.6) is 0 Å². The fourth-order valence-electron chi connectivity index (χ4n) is 1.68. The zero-order valence-electron chi connectivity index (χ0n) is 9.10. The van der Waals surface area contributed by atoms with Crippen LogP contribution in [-0.4, -0.2) is 6.29 Å². The van der Waals surface area contributed by atoms with Gasteiger partial charge in [-0.15, -0.1) is 0 Å². The molecule has 78 valence electrons. The lowest BCUT2D eigenvalue weighted by Gasteiger charge is -2.27. The molecule has 0 aliphatic heterocycles. The highest BCUT2D eigenvalue weighted by atomic mass is 16.1. The lowest BCUT2D eigenvalue weighted by molar-refractivity contribution is -0.109. The van der Waals surface area contributed by atoms with E-state index < -0.39 is 0 Å². The van der Waals surface area contributed by atoms with Crippen molar-refractivity contribution in [3.63, 3.8) is 0 Å². The summed E-state index contributed by atoms with van der Waals surface area (Å²) in [5, 5.41) is 9.18. The Balaban J connectivity index is 3.00. The second-order valence-corrected chi connectivity index (χ2v) is 4.33. The SMILES string of the molecule is CC(C)(CC=O)C(C#N)c1ccccc1. The first-order valence-electron chi connectivity index (χ1n) is 5.00. The Morgan fingerprint density at radius 3 is 2.47 bits per heavy atom. The van der Waals surface area contributed by atoms with Gasteiger partial charge in [-0.1, -0.05) is 44.2 Å². The van der Waals surface area contributed by atoms with Crippen molar-refractivity contribution in [2.45, 2.75) is 26.2 Å². The standard InChI is InChI=1S/C13H15NO/c1-13(2,8-9-15)12(10-14)11-6-4-3-5-7-11/h3-7,9,12H,8H2,1-2H3. The van der Waals surface area contributed by atoms with Gasteiger partial charge < -0.3 is 4.79 Å². The minimum absolute atomic E-state index is 0.233. The number of nitriles is 1. The van der Waals surface area contributed by atoms with Crippen LogP contribution in [0.15, 0.2) is 30.3 Å². The van der Waals surface area contributed by atoms with E-state index in [1.54, 1.807) is 0 Å². The lowest BCUT2D eigenvalue weighted by Crippen LogP contribution is -2.21. The van der Waals surface area contributed by atoms with E-state index in [4.69, 9.17) is 0 Å². The fourth-order valence-corrected chi connectivity index (χ4v) is 1.68. The topological polar surface area (TPSA) is 40.9 Å². The monoisotopic (exact) mass is 201 g/mol. The highest BCUT2D eigenvalue weighted by Gasteiger charge is 2.30. The summed E-state index contributed by atoms with van der Waals surface area (Å²) in [5.74, 6) is -0.233. The minimum atomic E-state index is -0.308. The molecule has 1 rings (SSSR count). The normalized spacial score (nSPS) is 12.9. The molecule has 0 fully saturated rings. The molecule has 0 radical (unpaired) electrons. The van der Waals surface area contributed by atoms with Crippen LogP contribution in [0.2, 0.25) is 0 Å². The van der Waals surface area contributed by atoms with Crippen molar-refractivity contribution in [1.29, 1.82) is 5.26 Å². The minimum Gasteiger partial charge on any atom is -0.303 e. The van der Waals surface area contributed by atoms with Gasteiger partial charge in [0.2, 0.25) is 0 Å². The Morgan fingerprint density at radius 2 is 2.00 bits per heavy atom. The molecule has 0 saturated heterocycles. The molecule has 1 unspecified atom stereocenters. The molecule has 0 saturated carbocycles. The second-order valence-electron chi connectivity index (χ2n) is 4.33. The molecule has 0 aromatic heterocycles. The van der Waals surface area contributed by atoms with Crippen molar-refractivity contribution >= 4 is 6.29 Å². The smallest absolute Gasteiger partial charge is 0.120 e. The van der Waals surface area contributed by atoms with E-state index in [0.29, 0.717) is 6.42 Å². The summed E-state index contributed by atoms with van der Waals surface area (Å²) in [6.45, 7) is 3.89. The van der Waals surface area contributed by atoms with E-state index in [1.165, 1.54) is 0 Å². The van der Waals surface area contributed by atoms with Gasteiger partial charge in [0.15, 0.2) is 0 Å². The number of benzene rings is 1. The molecule has 0 aliphatic carbocycles. The molecule has 1 atom stereocenters. The van der Waals surface area contributed by atoms with Gasteiger partial charge in [-0.3, -0.25) is 0 Å². The molecule has 0 amide bonds. The van der Waals surface area contributed by atoms with E-state index in [2.05, 4.69) is 6.07 Å². The first-order valence-corrected chi connectivity index (χ1v) is 5.00. The third kappa shape index (κ3) is 2.66. The number of hydrogen-bond acceptors (Lipinski definition) is 2. The van der Waals surface area contributed by atoms with E-state index in [0.717, 1.165) is 11.8 Å². The van der Waals surface area contributed by atoms with Gasteiger partial charge in [0.1, 0.15) is 6.29 Å². The van der Waals surface area contributed by atoms with Crippen LogP contribution in [0.3, 0.4) is 0 Å². The molecule has 0 heterocycles. The van der Waals surface area contributed by atoms with Crippen LogP contribution in [0.4, 0.5) is 0 Å². The third-order valence-corrected chi connectivity index (χ3v) is 2.65. The molecule has 1 aromatic rings. The summed E-state index contributed by atoms with van der Waals surface area (Å²) in [7, 11) is 0. The highest BCUT2D eigenvalue weighted by Crippen LogP contribution is 2.37. The molecule has 0 N–H and O–H groups in total. The first-order chi connectivity index (χ1) is 7.11. The second kappa shape index (κ2) is 4.75. The predicted molar refractivity (Wildman–Crippen MR) is 59.3 cm³/mol. The van der Waals surface area contributed by atoms with Crippen molar-refractivity contribution in [2.24, 2.45) is 5.41 Å². The lowest BCUT2D eigenvalue weighted by atomic mass is 9.74. The van der Waals surface area contributed by atoms with Crippen LogP contribution < -0.4 is 0 Å². The molecule has 0 bridgehead atoms. The Morgan fingerprint density at radius 1 is 1.40 bits per heavy atom. The number of rotatable bonds is 4. The van der Waals surface area contributed by atoms with Gasteiger partial charge in [-0.05, 0) is 11.0 Å². The number of carbonyl (C=O) groups is 1. The largest absolute Gasteiger partial charge is 0.303 e. The molecule has 0 aliphatic rings. The van der Waals surface area contributed by atoms with Crippen LogP contribution >= 0.6 is 0 Å². The van der Waals surface area contributed by atoms with E-state index in [1.807, 2.05) is 44.2 Å². The summed E-state index contributed by atoms with van der Waals surface area (Å²) in [6.07, 6.45) is 1.29. The number of carbonyl (C=O) groups excluding carboxylic acids is 1. The first kappa shape index (κ1) is 11.5. The summed E-state index contributed by atoms with van der Waals surface area (Å²) in [5.41, 5.74) is 0.671. The van der Waals surface area contributed by atoms with Crippen molar-refractivity contribution in [3.05, 3.63) is 35.9 Å². The van der Waals surface area contributed by atoms with Crippen molar-refractivity contribution in [3.8, 4) is 6.07 Å². The van der Waals surface area contributed by atoms with Crippen molar-refractivity contribution in [1.82, 2.24) is 0 Å². The van der Waals surface area contributed by atoms with Gasteiger partial charge in [-0.25, -0.2) is 0 Å². The van der Waals surface area contributed by atoms with Crippen LogP contribution in [0, 0.1) is 16.7 Å². The molecular weight excluding hydrogens is 186 g/mol. The summed E-state index contributed by atoms with van der Waals surface area (Å²) >= 11 is 0. The molecule has 15 heavy (non-hydrogen) atoms. The van der Waals surface area contributed by atoms with Crippen LogP contribution in [0.25, 0.3) is 0 Å². The fraction of sp³-hybridized carbons (Fsp3) is 0.385. The quantitative estimate of drug-likeness (QED) is 0.703. The zero-order valence-corrected chi connectivity index (χ0v) is 9.10. The maximum Gasteiger partial charge on any atom is 0.120 e. The Bertz CT molecular complexity index is 362. The average Bonchev–Trinajstić information content (AvgIpc) is 2.19. The van der Waals surface area contributed by atoms with Crippen molar-refractivity contribution < 1.29 is 4.79 Å². The summed E-state index contributed by atoms with van der Waals surface area (Å²) in [4.78, 5) is 10.6. The molecular formula is C13H15NO. The Labute approximate surface area is 90.5 Å². The van der Waals surface area contributed by atoms with Gasteiger partial charge in [0.25, 0.3) is 0 Å². The number of aldehydes is 1. The third-order valence-electron chi connectivity index (χ3n) is 2.65. The maximum atomic E-state index is 10.6. The highest BCUT2D eigenvalue weighted by molar-refractivity contribution is 5.51. The average molecular weight is 201 g/mol. The van der Waals surface area contributed by atoms with Crippen LogP contribution in [0.1, 0.15) is 31.7 Å². The summed E-state index contributed by atoms with van der Waals surface area (Å²) in [6, 6.07) is 11.9. The van der Waals surface area contributed by atoms with Crippen molar-refractivity contribution in [2.75, 3.05) is 0 Å². The molecule has 2 heteroatoms. The Hall–Kier alpha value is -1.62. The van der Waals surface area contributed by atoms with E-state index in [-0.39, 0.29) is 11.3 Å². The maximum absolute atomic E-state index is 10.6. The number of nitrogens with zero attached hydrogens (tertiary/aromatic N) is 1. The van der Waals surface area contributed by atoms with Gasteiger partial charge in [-0.2, -0.15) is 5.26 Å². The molecule has 2 nitrogen and oxygen atoms in total. The van der Waals surface area contributed by atoms with E-state index >= 15 is 0 Å². The van der Waals surface area contributed by atoms with E-state index in [9.17, 15) is 10.1 Å². The molecule has 1 aromatic carbocycles. The Kier molecular flexibility index (Phi) is 3.62. The molecule has 0 spiro atoms. The number of hydrogen-bond donors (Lipinski definition) is 0.